The Labute approximate surface area is 103 Å². The van der Waals surface area contributed by atoms with E-state index in [0.29, 0.717) is 18.7 Å². The Morgan fingerprint density at radius 2 is 2.12 bits per heavy atom. The van der Waals surface area contributed by atoms with Gasteiger partial charge in [-0.05, 0) is 31.7 Å². The van der Waals surface area contributed by atoms with Gasteiger partial charge in [-0.3, -0.25) is 9.69 Å². The van der Waals surface area contributed by atoms with Gasteiger partial charge in [0.15, 0.2) is 0 Å². The highest BCUT2D eigenvalue weighted by Crippen LogP contribution is 2.41. The normalized spacial score (nSPS) is 38.4. The van der Waals surface area contributed by atoms with Crippen molar-refractivity contribution in [3.05, 3.63) is 0 Å². The number of ether oxygens (including phenoxy) is 1. The second-order valence-electron chi connectivity index (χ2n) is 5.82. The third-order valence-electron chi connectivity index (χ3n) is 4.78. The number of carbonyl (C=O) groups is 1. The van der Waals surface area contributed by atoms with Crippen molar-refractivity contribution in [1.82, 2.24) is 4.90 Å². The molecule has 1 aliphatic carbocycles. The summed E-state index contributed by atoms with van der Waals surface area (Å²) in [5, 5.41) is 9.47. The lowest BCUT2D eigenvalue weighted by atomic mass is 9.76. The average Bonchev–Trinajstić information content (AvgIpc) is 2.62. The summed E-state index contributed by atoms with van der Waals surface area (Å²) in [5.41, 5.74) is -0.530. The molecule has 0 aromatic rings. The van der Waals surface area contributed by atoms with Gasteiger partial charge < -0.3 is 9.84 Å². The van der Waals surface area contributed by atoms with E-state index in [1.165, 1.54) is 0 Å². The number of carboxylic acids is 1. The van der Waals surface area contributed by atoms with Gasteiger partial charge in [-0.25, -0.2) is 0 Å². The Bertz CT molecular complexity index is 299. The third-order valence-corrected chi connectivity index (χ3v) is 4.78. The van der Waals surface area contributed by atoms with Crippen molar-refractivity contribution >= 4 is 5.97 Å². The summed E-state index contributed by atoms with van der Waals surface area (Å²) in [7, 11) is 1.75. The van der Waals surface area contributed by atoms with Crippen molar-refractivity contribution < 1.29 is 14.6 Å². The molecular weight excluding hydrogens is 218 g/mol. The minimum absolute atomic E-state index is 0.197. The minimum Gasteiger partial charge on any atom is -0.481 e. The standard InChI is InChI=1S/C13H23NO3/c1-9(2)13(12(15)16)4-5-14(8-13)10-6-11(7-10)17-3/h9-11H,4-8H2,1-3H3,(H,15,16). The van der Waals surface area contributed by atoms with E-state index in [0.717, 1.165) is 25.8 Å². The first-order valence-corrected chi connectivity index (χ1v) is 6.50. The van der Waals surface area contributed by atoms with Crippen LogP contribution in [0.15, 0.2) is 0 Å². The maximum Gasteiger partial charge on any atom is 0.311 e. The van der Waals surface area contributed by atoms with Gasteiger partial charge in [-0.2, -0.15) is 0 Å². The second-order valence-corrected chi connectivity index (χ2v) is 5.82. The van der Waals surface area contributed by atoms with Gasteiger partial charge in [-0.15, -0.1) is 0 Å². The predicted octanol–water partition coefficient (Wildman–Crippen LogP) is 1.60. The predicted molar refractivity (Wildman–Crippen MR) is 64.9 cm³/mol. The van der Waals surface area contributed by atoms with Crippen molar-refractivity contribution in [1.29, 1.82) is 0 Å². The fourth-order valence-corrected chi connectivity index (χ4v) is 3.10. The van der Waals surface area contributed by atoms with Crippen LogP contribution < -0.4 is 0 Å². The van der Waals surface area contributed by atoms with Crippen LogP contribution in [0.1, 0.15) is 33.1 Å². The Hall–Kier alpha value is -0.610. The summed E-state index contributed by atoms with van der Waals surface area (Å²) in [6.07, 6.45) is 3.29. The molecule has 4 nitrogen and oxygen atoms in total. The summed E-state index contributed by atoms with van der Waals surface area (Å²) >= 11 is 0. The summed E-state index contributed by atoms with van der Waals surface area (Å²) in [6.45, 7) is 5.68. The molecule has 0 aromatic heterocycles. The molecule has 98 valence electrons. The summed E-state index contributed by atoms with van der Waals surface area (Å²) in [6, 6.07) is 0.542. The first-order chi connectivity index (χ1) is 7.99. The zero-order valence-corrected chi connectivity index (χ0v) is 11.0. The molecule has 4 heteroatoms. The molecule has 0 radical (unpaired) electrons. The summed E-state index contributed by atoms with van der Waals surface area (Å²) < 4.78 is 5.28. The van der Waals surface area contributed by atoms with Crippen LogP contribution in [0.4, 0.5) is 0 Å². The van der Waals surface area contributed by atoms with E-state index in [4.69, 9.17) is 4.74 Å². The maximum absolute atomic E-state index is 11.5. The highest BCUT2D eigenvalue weighted by atomic mass is 16.5. The number of nitrogens with zero attached hydrogens (tertiary/aromatic N) is 1. The van der Waals surface area contributed by atoms with Crippen molar-refractivity contribution in [2.75, 3.05) is 20.2 Å². The molecule has 2 fully saturated rings. The average molecular weight is 241 g/mol. The quantitative estimate of drug-likeness (QED) is 0.812. The number of aliphatic carboxylic acids is 1. The van der Waals surface area contributed by atoms with Gasteiger partial charge in [0, 0.05) is 19.7 Å². The van der Waals surface area contributed by atoms with E-state index in [2.05, 4.69) is 4.90 Å². The largest absolute Gasteiger partial charge is 0.481 e. The van der Waals surface area contributed by atoms with E-state index >= 15 is 0 Å². The number of methoxy groups -OCH3 is 1. The summed E-state index contributed by atoms with van der Waals surface area (Å²) in [5.74, 6) is -0.430. The van der Waals surface area contributed by atoms with E-state index in [9.17, 15) is 9.90 Å². The number of rotatable bonds is 4. The van der Waals surface area contributed by atoms with Gasteiger partial charge in [0.1, 0.15) is 0 Å². The SMILES string of the molecule is COC1CC(N2CCC(C(=O)O)(C(C)C)C2)C1. The van der Waals surface area contributed by atoms with Crippen molar-refractivity contribution in [2.24, 2.45) is 11.3 Å². The molecular formula is C13H23NO3. The van der Waals surface area contributed by atoms with Crippen LogP contribution in [0.2, 0.25) is 0 Å². The molecule has 1 heterocycles. The van der Waals surface area contributed by atoms with E-state index in [1.807, 2.05) is 13.8 Å². The number of likely N-dealkylation sites (tertiary alicyclic amines) is 1. The minimum atomic E-state index is -0.627. The Balaban J connectivity index is 1.96. The number of hydrogen-bond donors (Lipinski definition) is 1. The molecule has 1 saturated carbocycles. The highest BCUT2D eigenvalue weighted by molar-refractivity contribution is 5.75. The van der Waals surface area contributed by atoms with Gasteiger partial charge in [0.2, 0.25) is 0 Å². The van der Waals surface area contributed by atoms with Gasteiger partial charge in [0.25, 0.3) is 0 Å². The maximum atomic E-state index is 11.5. The molecule has 1 unspecified atom stereocenters. The fourth-order valence-electron chi connectivity index (χ4n) is 3.10. The second kappa shape index (κ2) is 4.58. The lowest BCUT2D eigenvalue weighted by Gasteiger charge is -2.41. The monoisotopic (exact) mass is 241 g/mol. The number of hydrogen-bond acceptors (Lipinski definition) is 3. The molecule has 2 rings (SSSR count). The lowest BCUT2D eigenvalue weighted by Crippen LogP contribution is -2.49. The van der Waals surface area contributed by atoms with E-state index in [-0.39, 0.29) is 5.92 Å². The molecule has 0 bridgehead atoms. The smallest absolute Gasteiger partial charge is 0.311 e. The molecule has 0 aromatic carbocycles. The van der Waals surface area contributed by atoms with Crippen LogP contribution in [0.25, 0.3) is 0 Å². The van der Waals surface area contributed by atoms with Crippen LogP contribution in [-0.2, 0) is 9.53 Å². The number of carboxylic acid groups (broad SMARTS) is 1. The van der Waals surface area contributed by atoms with Crippen molar-refractivity contribution in [2.45, 2.75) is 45.3 Å². The van der Waals surface area contributed by atoms with Crippen molar-refractivity contribution in [3.8, 4) is 0 Å². The van der Waals surface area contributed by atoms with Crippen LogP contribution >= 0.6 is 0 Å². The topological polar surface area (TPSA) is 49.8 Å². The van der Waals surface area contributed by atoms with E-state index in [1.54, 1.807) is 7.11 Å². The first kappa shape index (κ1) is 12.8. The molecule has 1 aliphatic heterocycles. The molecule has 0 spiro atoms. The van der Waals surface area contributed by atoms with Crippen molar-refractivity contribution in [3.63, 3.8) is 0 Å². The summed E-state index contributed by atoms with van der Waals surface area (Å²) in [4.78, 5) is 13.9. The van der Waals surface area contributed by atoms with Gasteiger partial charge >= 0.3 is 5.97 Å². The third kappa shape index (κ3) is 2.08. The molecule has 1 atom stereocenters. The Kier molecular flexibility index (Phi) is 3.46. The molecule has 2 aliphatic rings. The first-order valence-electron chi connectivity index (χ1n) is 6.50. The van der Waals surface area contributed by atoms with Crippen LogP contribution in [0.5, 0.6) is 0 Å². The highest BCUT2D eigenvalue weighted by Gasteiger charge is 2.50. The van der Waals surface area contributed by atoms with Crippen LogP contribution in [0.3, 0.4) is 0 Å². The zero-order chi connectivity index (χ0) is 12.6. The van der Waals surface area contributed by atoms with Crippen LogP contribution in [-0.4, -0.2) is 48.3 Å². The van der Waals surface area contributed by atoms with E-state index < -0.39 is 11.4 Å². The molecule has 1 saturated heterocycles. The van der Waals surface area contributed by atoms with Gasteiger partial charge in [0.05, 0.1) is 11.5 Å². The Morgan fingerprint density at radius 1 is 1.47 bits per heavy atom. The fraction of sp³-hybridized carbons (Fsp3) is 0.923. The molecule has 0 amide bonds. The van der Waals surface area contributed by atoms with Crippen LogP contribution in [0, 0.1) is 11.3 Å². The lowest BCUT2D eigenvalue weighted by molar-refractivity contribution is -0.151. The molecule has 1 N–H and O–H groups in total. The Morgan fingerprint density at radius 3 is 2.53 bits per heavy atom. The zero-order valence-electron chi connectivity index (χ0n) is 11.0. The van der Waals surface area contributed by atoms with Gasteiger partial charge in [-0.1, -0.05) is 13.8 Å². The molecule has 17 heavy (non-hydrogen) atoms.